The minimum atomic E-state index is -0.531. The van der Waals surface area contributed by atoms with Gasteiger partial charge in [-0.25, -0.2) is 4.98 Å². The Morgan fingerprint density at radius 2 is 1.77 bits per heavy atom. The molecule has 0 saturated carbocycles. The first-order valence-corrected chi connectivity index (χ1v) is 9.49. The molecule has 3 aromatic rings. The molecule has 9 nitrogen and oxygen atoms in total. The van der Waals surface area contributed by atoms with E-state index in [1.165, 1.54) is 21.3 Å². The average Bonchev–Trinajstić information content (AvgIpc) is 2.74. The van der Waals surface area contributed by atoms with Crippen molar-refractivity contribution in [1.82, 2.24) is 9.55 Å². The smallest absolute Gasteiger partial charge is 0.261 e. The maximum absolute atomic E-state index is 13.1. The van der Waals surface area contributed by atoms with E-state index in [4.69, 9.17) is 14.2 Å². The Morgan fingerprint density at radius 1 is 1.06 bits per heavy atom. The molecule has 31 heavy (non-hydrogen) atoms. The van der Waals surface area contributed by atoms with E-state index in [1.54, 1.807) is 36.5 Å². The van der Waals surface area contributed by atoms with Gasteiger partial charge in [0.05, 0.1) is 26.8 Å². The molecule has 0 unspecified atom stereocenters. The molecule has 0 aliphatic rings. The van der Waals surface area contributed by atoms with Crippen LogP contribution in [0.15, 0.2) is 41.3 Å². The van der Waals surface area contributed by atoms with Crippen molar-refractivity contribution in [3.63, 3.8) is 0 Å². The average molecular weight is 429 g/mol. The topological polar surface area (TPSA) is 123 Å². The molecule has 0 fully saturated rings. The highest BCUT2D eigenvalue weighted by Crippen LogP contribution is 2.30. The van der Waals surface area contributed by atoms with Gasteiger partial charge in [-0.05, 0) is 24.1 Å². The number of hydrogen-bond donors (Lipinski definition) is 1. The summed E-state index contributed by atoms with van der Waals surface area (Å²) in [6.07, 6.45) is 1.58. The lowest BCUT2D eigenvalue weighted by Gasteiger charge is -2.16. The molecule has 2 aromatic heterocycles. The first-order valence-electron chi connectivity index (χ1n) is 9.49. The predicted octanol–water partition coefficient (Wildman–Crippen LogP) is 2.51. The first kappa shape index (κ1) is 23.7. The molecule has 2 heterocycles. The molecule has 0 aliphatic carbocycles. The zero-order chi connectivity index (χ0) is 21.8. The van der Waals surface area contributed by atoms with Crippen LogP contribution in [0.1, 0.15) is 24.2 Å². The number of amides is 1. The fourth-order valence-electron chi connectivity index (χ4n) is 3.18. The quantitative estimate of drug-likeness (QED) is 0.615. The lowest BCUT2D eigenvalue weighted by molar-refractivity contribution is 0.102. The number of hydrogen-bond acceptors (Lipinski definition) is 6. The lowest BCUT2D eigenvalue weighted by atomic mass is 10.1. The summed E-state index contributed by atoms with van der Waals surface area (Å²) in [5.74, 6) is 1.10. The number of nitrogens with one attached hydrogen (secondary N) is 1. The Bertz CT molecular complexity index is 1140. The molecule has 0 radical (unpaired) electrons. The van der Waals surface area contributed by atoms with Gasteiger partial charge in [0.25, 0.3) is 5.91 Å². The van der Waals surface area contributed by atoms with Crippen molar-refractivity contribution in [2.75, 3.05) is 26.6 Å². The molecular weight excluding hydrogens is 402 g/mol. The van der Waals surface area contributed by atoms with E-state index in [2.05, 4.69) is 24.1 Å². The first-order chi connectivity index (χ1) is 14.4. The van der Waals surface area contributed by atoms with Crippen LogP contribution in [0.25, 0.3) is 11.0 Å². The summed E-state index contributed by atoms with van der Waals surface area (Å²) >= 11 is 0. The third-order valence-corrected chi connectivity index (χ3v) is 4.56. The summed E-state index contributed by atoms with van der Waals surface area (Å²) in [7, 11) is 4.52. The Kier molecular flexibility index (Phi) is 7.60. The van der Waals surface area contributed by atoms with Gasteiger partial charge >= 0.3 is 0 Å². The van der Waals surface area contributed by atoms with Gasteiger partial charge < -0.3 is 29.6 Å². The van der Waals surface area contributed by atoms with Gasteiger partial charge in [-0.3, -0.25) is 9.59 Å². The number of fused-ring (bicyclic) bond motifs is 1. The SMILES string of the molecule is COc1ccc2c(n1)c(=O)c(C(=O)Nc1ccc(OC)c(OC)c1)cn2CC(C)C.O. The second-order valence-electron chi connectivity index (χ2n) is 7.16. The van der Waals surface area contributed by atoms with Crippen molar-refractivity contribution >= 4 is 22.6 Å². The second-order valence-corrected chi connectivity index (χ2v) is 7.16. The monoisotopic (exact) mass is 429 g/mol. The van der Waals surface area contributed by atoms with Crippen molar-refractivity contribution in [3.05, 3.63) is 52.3 Å². The van der Waals surface area contributed by atoms with Crippen molar-refractivity contribution in [2.24, 2.45) is 5.92 Å². The molecule has 0 aliphatic heterocycles. The van der Waals surface area contributed by atoms with E-state index in [1.807, 2.05) is 4.57 Å². The second kappa shape index (κ2) is 9.94. The van der Waals surface area contributed by atoms with Crippen LogP contribution in [-0.2, 0) is 6.54 Å². The lowest BCUT2D eigenvalue weighted by Crippen LogP contribution is -2.25. The molecule has 9 heteroatoms. The van der Waals surface area contributed by atoms with Gasteiger partial charge in [-0.2, -0.15) is 0 Å². The number of anilines is 1. The zero-order valence-electron chi connectivity index (χ0n) is 18.2. The number of ether oxygens (including phenoxy) is 3. The summed E-state index contributed by atoms with van der Waals surface area (Å²) in [5.41, 5.74) is 0.860. The minimum Gasteiger partial charge on any atom is -0.493 e. The van der Waals surface area contributed by atoms with Crippen molar-refractivity contribution in [3.8, 4) is 17.4 Å². The molecule has 1 aromatic carbocycles. The van der Waals surface area contributed by atoms with E-state index in [0.29, 0.717) is 41.0 Å². The van der Waals surface area contributed by atoms with Crippen LogP contribution < -0.4 is 25.0 Å². The van der Waals surface area contributed by atoms with Crippen LogP contribution in [-0.4, -0.2) is 42.3 Å². The Labute approximate surface area is 179 Å². The summed E-state index contributed by atoms with van der Waals surface area (Å²) in [4.78, 5) is 30.3. The van der Waals surface area contributed by atoms with E-state index in [-0.39, 0.29) is 16.6 Å². The van der Waals surface area contributed by atoms with Crippen molar-refractivity contribution in [1.29, 1.82) is 0 Å². The normalized spacial score (nSPS) is 10.5. The Balaban J connectivity index is 0.00000341. The molecule has 3 N–H and O–H groups in total. The number of aromatic nitrogens is 2. The number of methoxy groups -OCH3 is 3. The van der Waals surface area contributed by atoms with Crippen LogP contribution >= 0.6 is 0 Å². The van der Waals surface area contributed by atoms with Crippen molar-refractivity contribution < 1.29 is 24.5 Å². The van der Waals surface area contributed by atoms with Gasteiger partial charge in [-0.1, -0.05) is 13.8 Å². The van der Waals surface area contributed by atoms with E-state index in [0.717, 1.165) is 0 Å². The summed E-state index contributed by atoms with van der Waals surface area (Å²) in [5, 5.41) is 2.75. The van der Waals surface area contributed by atoms with Crippen LogP contribution in [0.4, 0.5) is 5.69 Å². The predicted molar refractivity (Wildman–Crippen MR) is 119 cm³/mol. The third-order valence-electron chi connectivity index (χ3n) is 4.56. The van der Waals surface area contributed by atoms with Crippen LogP contribution in [0.2, 0.25) is 0 Å². The maximum atomic E-state index is 13.1. The standard InChI is InChI=1S/C22H25N3O5.H2O/c1-13(2)11-25-12-15(21(26)20-16(25)7-9-19(24-20)30-5)22(27)23-14-6-8-17(28-3)18(10-14)29-4;/h6-10,12-13H,11H2,1-5H3,(H,23,27);1H2. The molecule has 166 valence electrons. The Hall–Kier alpha value is -3.59. The zero-order valence-corrected chi connectivity index (χ0v) is 18.2. The van der Waals surface area contributed by atoms with Gasteiger partial charge in [0.1, 0.15) is 11.1 Å². The fraction of sp³-hybridized carbons (Fsp3) is 0.318. The van der Waals surface area contributed by atoms with Gasteiger partial charge in [0.15, 0.2) is 11.5 Å². The van der Waals surface area contributed by atoms with Gasteiger partial charge in [0.2, 0.25) is 11.3 Å². The van der Waals surface area contributed by atoms with Gasteiger partial charge in [0, 0.05) is 30.6 Å². The van der Waals surface area contributed by atoms with E-state index < -0.39 is 11.3 Å². The highest BCUT2D eigenvalue weighted by atomic mass is 16.5. The maximum Gasteiger partial charge on any atom is 0.261 e. The van der Waals surface area contributed by atoms with Crippen LogP contribution in [0.3, 0.4) is 0 Å². The number of nitrogens with zero attached hydrogens (tertiary/aromatic N) is 2. The molecule has 0 bridgehead atoms. The van der Waals surface area contributed by atoms with Crippen molar-refractivity contribution in [2.45, 2.75) is 20.4 Å². The van der Waals surface area contributed by atoms with Crippen LogP contribution in [0, 0.1) is 5.92 Å². The molecular formula is C22H27N3O6. The highest BCUT2D eigenvalue weighted by molar-refractivity contribution is 6.05. The largest absolute Gasteiger partial charge is 0.493 e. The molecule has 0 atom stereocenters. The summed E-state index contributed by atoms with van der Waals surface area (Å²) in [6.45, 7) is 4.75. The summed E-state index contributed by atoms with van der Waals surface area (Å²) in [6, 6.07) is 8.46. The number of benzene rings is 1. The third kappa shape index (κ3) is 4.95. The fourth-order valence-corrected chi connectivity index (χ4v) is 3.18. The van der Waals surface area contributed by atoms with E-state index >= 15 is 0 Å². The van der Waals surface area contributed by atoms with Gasteiger partial charge in [-0.15, -0.1) is 0 Å². The molecule has 1 amide bonds. The Morgan fingerprint density at radius 3 is 2.39 bits per heavy atom. The van der Waals surface area contributed by atoms with E-state index in [9.17, 15) is 9.59 Å². The minimum absolute atomic E-state index is 0. The molecule has 0 saturated heterocycles. The number of rotatable bonds is 7. The number of carbonyl (C=O) groups excluding carboxylic acids is 1. The number of pyridine rings is 2. The van der Waals surface area contributed by atoms with Crippen LogP contribution in [0.5, 0.6) is 17.4 Å². The summed E-state index contributed by atoms with van der Waals surface area (Å²) < 4.78 is 17.5. The number of carbonyl (C=O) groups is 1. The highest BCUT2D eigenvalue weighted by Gasteiger charge is 2.18. The molecule has 0 spiro atoms. The molecule has 3 rings (SSSR count).